The summed E-state index contributed by atoms with van der Waals surface area (Å²) in [6.45, 7) is 0. The minimum absolute atomic E-state index is 0.0580. The van der Waals surface area contributed by atoms with Crippen LogP contribution in [0.2, 0.25) is 0 Å². The van der Waals surface area contributed by atoms with Crippen LogP contribution in [-0.4, -0.2) is 29.6 Å². The second kappa shape index (κ2) is 6.95. The van der Waals surface area contributed by atoms with Crippen LogP contribution in [0.5, 0.6) is 11.6 Å². The molecular formula is C17H12F3N3O3S. The smallest absolute Gasteiger partial charge is 0.433 e. The van der Waals surface area contributed by atoms with Crippen molar-refractivity contribution in [1.82, 2.24) is 15.0 Å². The molecule has 2 heterocycles. The van der Waals surface area contributed by atoms with E-state index in [9.17, 15) is 21.6 Å². The number of halogens is 3. The number of hydrogen-bond acceptors (Lipinski definition) is 6. The fourth-order valence-corrected chi connectivity index (χ4v) is 2.74. The SMILES string of the molecule is CS(=O)(=O)c1ccc(Oc2cc(C(F)(F)F)nc(-c3ccccn3)n2)cc1. The molecule has 140 valence electrons. The van der Waals surface area contributed by atoms with E-state index < -0.39 is 21.7 Å². The van der Waals surface area contributed by atoms with E-state index in [0.717, 1.165) is 6.26 Å². The summed E-state index contributed by atoms with van der Waals surface area (Å²) in [7, 11) is -3.40. The van der Waals surface area contributed by atoms with Crippen LogP contribution in [0, 0.1) is 0 Å². The zero-order valence-electron chi connectivity index (χ0n) is 13.8. The lowest BCUT2D eigenvalue weighted by Crippen LogP contribution is -2.10. The Bertz CT molecular complexity index is 1050. The summed E-state index contributed by atoms with van der Waals surface area (Å²) >= 11 is 0. The van der Waals surface area contributed by atoms with Gasteiger partial charge in [0.25, 0.3) is 0 Å². The lowest BCUT2D eigenvalue weighted by atomic mass is 10.3. The molecule has 27 heavy (non-hydrogen) atoms. The van der Waals surface area contributed by atoms with Gasteiger partial charge in [0, 0.05) is 18.5 Å². The summed E-state index contributed by atoms with van der Waals surface area (Å²) in [6, 6.07) is 10.6. The molecule has 6 nitrogen and oxygen atoms in total. The number of benzene rings is 1. The minimum atomic E-state index is -4.70. The van der Waals surface area contributed by atoms with Gasteiger partial charge in [0.2, 0.25) is 5.88 Å². The molecule has 3 rings (SSSR count). The molecule has 0 aliphatic carbocycles. The molecule has 0 aliphatic heterocycles. The molecule has 0 amide bonds. The van der Waals surface area contributed by atoms with Gasteiger partial charge in [-0.25, -0.2) is 13.4 Å². The Labute approximate surface area is 152 Å². The van der Waals surface area contributed by atoms with Crippen LogP contribution in [0.15, 0.2) is 59.6 Å². The maximum absolute atomic E-state index is 13.2. The van der Waals surface area contributed by atoms with Crippen molar-refractivity contribution >= 4 is 9.84 Å². The number of rotatable bonds is 4. The van der Waals surface area contributed by atoms with E-state index in [1.165, 1.54) is 36.5 Å². The van der Waals surface area contributed by atoms with Crippen LogP contribution >= 0.6 is 0 Å². The Hall–Kier alpha value is -3.01. The highest BCUT2D eigenvalue weighted by molar-refractivity contribution is 7.90. The average molecular weight is 395 g/mol. The number of aromatic nitrogens is 3. The molecule has 0 spiro atoms. The molecule has 0 N–H and O–H groups in total. The van der Waals surface area contributed by atoms with E-state index in [0.29, 0.717) is 6.07 Å². The normalized spacial score (nSPS) is 12.0. The first-order valence-corrected chi connectivity index (χ1v) is 9.38. The van der Waals surface area contributed by atoms with Gasteiger partial charge in [0.1, 0.15) is 11.4 Å². The maximum atomic E-state index is 13.2. The third-order valence-electron chi connectivity index (χ3n) is 3.36. The summed E-state index contributed by atoms with van der Waals surface area (Å²) in [6.07, 6.45) is -2.25. The molecule has 0 bridgehead atoms. The molecule has 0 saturated heterocycles. The predicted octanol–water partition coefficient (Wildman–Crippen LogP) is 3.75. The summed E-state index contributed by atoms with van der Waals surface area (Å²) < 4.78 is 67.8. The first-order chi connectivity index (χ1) is 12.6. The van der Waals surface area contributed by atoms with E-state index in [2.05, 4.69) is 15.0 Å². The zero-order chi connectivity index (χ0) is 19.7. The van der Waals surface area contributed by atoms with Gasteiger partial charge >= 0.3 is 6.18 Å². The third kappa shape index (κ3) is 4.59. The number of hydrogen-bond donors (Lipinski definition) is 0. The van der Waals surface area contributed by atoms with Gasteiger partial charge in [-0.15, -0.1) is 0 Å². The molecule has 0 unspecified atom stereocenters. The Kier molecular flexibility index (Phi) is 4.83. The van der Waals surface area contributed by atoms with Crippen molar-refractivity contribution in [2.45, 2.75) is 11.1 Å². The average Bonchev–Trinajstić information content (AvgIpc) is 2.61. The van der Waals surface area contributed by atoms with E-state index in [-0.39, 0.29) is 28.0 Å². The predicted molar refractivity (Wildman–Crippen MR) is 89.9 cm³/mol. The topological polar surface area (TPSA) is 82.0 Å². The highest BCUT2D eigenvalue weighted by Gasteiger charge is 2.34. The van der Waals surface area contributed by atoms with Crippen LogP contribution in [0.3, 0.4) is 0 Å². The highest BCUT2D eigenvalue weighted by Crippen LogP contribution is 2.32. The van der Waals surface area contributed by atoms with Crippen LogP contribution in [-0.2, 0) is 16.0 Å². The highest BCUT2D eigenvalue weighted by atomic mass is 32.2. The third-order valence-corrected chi connectivity index (χ3v) is 4.49. The van der Waals surface area contributed by atoms with Crippen molar-refractivity contribution < 1.29 is 26.3 Å². The van der Waals surface area contributed by atoms with Crippen molar-refractivity contribution in [3.05, 3.63) is 60.4 Å². The summed E-state index contributed by atoms with van der Waals surface area (Å²) in [4.78, 5) is 11.5. The Morgan fingerprint density at radius 1 is 1.00 bits per heavy atom. The zero-order valence-corrected chi connectivity index (χ0v) is 14.6. The van der Waals surface area contributed by atoms with Crippen molar-refractivity contribution in [2.24, 2.45) is 0 Å². The Balaban J connectivity index is 1.99. The van der Waals surface area contributed by atoms with Gasteiger partial charge in [-0.2, -0.15) is 18.2 Å². The molecule has 0 saturated carbocycles. The maximum Gasteiger partial charge on any atom is 0.433 e. The van der Waals surface area contributed by atoms with Crippen LogP contribution in [0.4, 0.5) is 13.2 Å². The molecule has 2 aromatic heterocycles. The summed E-state index contributed by atoms with van der Waals surface area (Å²) in [5, 5.41) is 0. The summed E-state index contributed by atoms with van der Waals surface area (Å²) in [5.74, 6) is -0.459. The first-order valence-electron chi connectivity index (χ1n) is 7.48. The standard InChI is InChI=1S/C17H12F3N3O3S/c1-27(24,25)12-7-5-11(6-8-12)26-15-10-14(17(18,19)20)22-16(23-15)13-4-2-3-9-21-13/h2-10H,1H3. The van der Waals surface area contributed by atoms with Gasteiger partial charge in [0.15, 0.2) is 21.4 Å². The van der Waals surface area contributed by atoms with Gasteiger partial charge < -0.3 is 4.74 Å². The van der Waals surface area contributed by atoms with Crippen molar-refractivity contribution in [3.63, 3.8) is 0 Å². The van der Waals surface area contributed by atoms with Gasteiger partial charge in [-0.1, -0.05) is 6.07 Å². The molecule has 1 aromatic carbocycles. The fraction of sp³-hybridized carbons (Fsp3) is 0.118. The van der Waals surface area contributed by atoms with Crippen LogP contribution in [0.25, 0.3) is 11.5 Å². The fourth-order valence-electron chi connectivity index (χ4n) is 2.11. The quantitative estimate of drug-likeness (QED) is 0.669. The number of ether oxygens (including phenoxy) is 1. The van der Waals surface area contributed by atoms with Gasteiger partial charge in [0.05, 0.1) is 4.90 Å². The van der Waals surface area contributed by atoms with E-state index in [4.69, 9.17) is 4.74 Å². The Morgan fingerprint density at radius 2 is 1.70 bits per heavy atom. The molecule has 0 aliphatic rings. The van der Waals surface area contributed by atoms with Crippen molar-refractivity contribution in [1.29, 1.82) is 0 Å². The molecule has 0 fully saturated rings. The monoisotopic (exact) mass is 395 g/mol. The van der Waals surface area contributed by atoms with Gasteiger partial charge in [-0.3, -0.25) is 4.98 Å². The summed E-state index contributed by atoms with van der Waals surface area (Å²) in [5.41, 5.74) is -1.03. The molecular weight excluding hydrogens is 383 g/mol. The second-order valence-corrected chi connectivity index (χ2v) is 7.49. The Morgan fingerprint density at radius 3 is 2.26 bits per heavy atom. The van der Waals surface area contributed by atoms with E-state index in [1.54, 1.807) is 12.1 Å². The number of nitrogens with zero attached hydrogens (tertiary/aromatic N) is 3. The number of alkyl halides is 3. The van der Waals surface area contributed by atoms with Crippen LogP contribution in [0.1, 0.15) is 5.69 Å². The van der Waals surface area contributed by atoms with Crippen molar-refractivity contribution in [3.8, 4) is 23.1 Å². The molecule has 10 heteroatoms. The largest absolute Gasteiger partial charge is 0.439 e. The van der Waals surface area contributed by atoms with Crippen molar-refractivity contribution in [2.75, 3.05) is 6.26 Å². The van der Waals surface area contributed by atoms with Crippen LogP contribution < -0.4 is 4.74 Å². The molecule has 3 aromatic rings. The number of sulfone groups is 1. The molecule has 0 atom stereocenters. The van der Waals surface area contributed by atoms with E-state index in [1.807, 2.05) is 0 Å². The first kappa shape index (κ1) is 18.8. The number of pyridine rings is 1. The molecule has 0 radical (unpaired) electrons. The minimum Gasteiger partial charge on any atom is -0.439 e. The van der Waals surface area contributed by atoms with E-state index >= 15 is 0 Å². The lowest BCUT2D eigenvalue weighted by molar-refractivity contribution is -0.141. The van der Waals surface area contributed by atoms with Gasteiger partial charge in [-0.05, 0) is 36.4 Å². The second-order valence-electron chi connectivity index (χ2n) is 5.47. The lowest BCUT2D eigenvalue weighted by Gasteiger charge is -2.11.